The van der Waals surface area contributed by atoms with Crippen molar-refractivity contribution in [1.29, 1.82) is 0 Å². The first-order valence-electron chi connectivity index (χ1n) is 5.92. The van der Waals surface area contributed by atoms with Crippen LogP contribution in [0.15, 0.2) is 24.3 Å². The summed E-state index contributed by atoms with van der Waals surface area (Å²) in [6.07, 6.45) is 1.18. The second-order valence-corrected chi connectivity index (χ2v) is 4.30. The van der Waals surface area contributed by atoms with Crippen LogP contribution >= 0.6 is 0 Å². The van der Waals surface area contributed by atoms with Gasteiger partial charge in [0.15, 0.2) is 0 Å². The molecule has 1 aliphatic rings. The third kappa shape index (κ3) is 2.47. The van der Waals surface area contributed by atoms with E-state index in [1.54, 1.807) is 7.11 Å². The van der Waals surface area contributed by atoms with Crippen LogP contribution in [0.4, 0.5) is 5.69 Å². The van der Waals surface area contributed by atoms with Gasteiger partial charge < -0.3 is 15.0 Å². The molecule has 1 atom stereocenters. The largest absolute Gasteiger partial charge is 0.495 e. The van der Waals surface area contributed by atoms with Crippen molar-refractivity contribution in [3.63, 3.8) is 0 Å². The SMILES string of the molecule is COc1ccccc1N1CCNC(C)CC1. The molecule has 1 fully saturated rings. The molecule has 1 aromatic carbocycles. The van der Waals surface area contributed by atoms with Crippen LogP contribution in [0.1, 0.15) is 13.3 Å². The highest BCUT2D eigenvalue weighted by Gasteiger charge is 2.15. The average Bonchev–Trinajstić information content (AvgIpc) is 2.54. The zero-order valence-corrected chi connectivity index (χ0v) is 10.1. The van der Waals surface area contributed by atoms with Crippen molar-refractivity contribution in [2.24, 2.45) is 0 Å². The van der Waals surface area contributed by atoms with Crippen LogP contribution in [0.5, 0.6) is 5.75 Å². The van der Waals surface area contributed by atoms with Gasteiger partial charge in [-0.25, -0.2) is 0 Å². The molecule has 1 aliphatic heterocycles. The van der Waals surface area contributed by atoms with Crippen molar-refractivity contribution < 1.29 is 4.74 Å². The van der Waals surface area contributed by atoms with Crippen molar-refractivity contribution in [2.75, 3.05) is 31.6 Å². The van der Waals surface area contributed by atoms with Crippen molar-refractivity contribution in [1.82, 2.24) is 5.32 Å². The van der Waals surface area contributed by atoms with Crippen molar-refractivity contribution in [3.05, 3.63) is 24.3 Å². The van der Waals surface area contributed by atoms with E-state index in [0.29, 0.717) is 6.04 Å². The van der Waals surface area contributed by atoms with Crippen LogP contribution in [-0.4, -0.2) is 32.8 Å². The Bertz CT molecular complexity index is 340. The van der Waals surface area contributed by atoms with Gasteiger partial charge in [0.1, 0.15) is 5.75 Å². The molecule has 0 aromatic heterocycles. The van der Waals surface area contributed by atoms with E-state index in [2.05, 4.69) is 29.3 Å². The molecule has 1 N–H and O–H groups in total. The highest BCUT2D eigenvalue weighted by molar-refractivity contribution is 5.58. The van der Waals surface area contributed by atoms with Gasteiger partial charge in [-0.1, -0.05) is 12.1 Å². The fourth-order valence-electron chi connectivity index (χ4n) is 2.14. The van der Waals surface area contributed by atoms with Crippen LogP contribution in [0.2, 0.25) is 0 Å². The molecule has 3 nitrogen and oxygen atoms in total. The van der Waals surface area contributed by atoms with E-state index in [-0.39, 0.29) is 0 Å². The van der Waals surface area contributed by atoms with Crippen LogP contribution in [0.25, 0.3) is 0 Å². The summed E-state index contributed by atoms with van der Waals surface area (Å²) in [7, 11) is 1.73. The summed E-state index contributed by atoms with van der Waals surface area (Å²) >= 11 is 0. The van der Waals surface area contributed by atoms with Crippen molar-refractivity contribution in [2.45, 2.75) is 19.4 Å². The Labute approximate surface area is 97.4 Å². The van der Waals surface area contributed by atoms with E-state index < -0.39 is 0 Å². The van der Waals surface area contributed by atoms with E-state index in [1.165, 1.54) is 12.1 Å². The summed E-state index contributed by atoms with van der Waals surface area (Å²) < 4.78 is 5.40. The van der Waals surface area contributed by atoms with Gasteiger partial charge in [-0.05, 0) is 25.5 Å². The first-order chi connectivity index (χ1) is 7.81. The number of para-hydroxylation sites is 2. The Hall–Kier alpha value is -1.22. The number of nitrogens with one attached hydrogen (secondary N) is 1. The lowest BCUT2D eigenvalue weighted by molar-refractivity contribution is 0.414. The average molecular weight is 220 g/mol. The predicted molar refractivity (Wildman–Crippen MR) is 67.3 cm³/mol. The van der Waals surface area contributed by atoms with Gasteiger partial charge >= 0.3 is 0 Å². The van der Waals surface area contributed by atoms with Gasteiger partial charge in [0.05, 0.1) is 12.8 Å². The quantitative estimate of drug-likeness (QED) is 0.823. The Morgan fingerprint density at radius 2 is 2.12 bits per heavy atom. The fraction of sp³-hybridized carbons (Fsp3) is 0.538. The predicted octanol–water partition coefficient (Wildman–Crippen LogP) is 1.88. The number of benzene rings is 1. The van der Waals surface area contributed by atoms with Gasteiger partial charge in [0, 0.05) is 25.7 Å². The lowest BCUT2D eigenvalue weighted by Gasteiger charge is -2.24. The first kappa shape index (κ1) is 11.3. The zero-order chi connectivity index (χ0) is 11.4. The van der Waals surface area contributed by atoms with Crippen LogP contribution in [0.3, 0.4) is 0 Å². The molecule has 3 heteroatoms. The van der Waals surface area contributed by atoms with Crippen molar-refractivity contribution in [3.8, 4) is 5.75 Å². The van der Waals surface area contributed by atoms with Crippen LogP contribution in [-0.2, 0) is 0 Å². The van der Waals surface area contributed by atoms with Crippen molar-refractivity contribution >= 4 is 5.69 Å². The fourth-order valence-corrected chi connectivity index (χ4v) is 2.14. The molecule has 1 saturated heterocycles. The molecular formula is C13H20N2O. The standard InChI is InChI=1S/C13H20N2O/c1-11-7-9-15(10-8-14-11)12-5-3-4-6-13(12)16-2/h3-6,11,14H,7-10H2,1-2H3. The molecule has 0 aliphatic carbocycles. The normalized spacial score (nSPS) is 21.6. The molecular weight excluding hydrogens is 200 g/mol. The second kappa shape index (κ2) is 5.21. The summed E-state index contributed by atoms with van der Waals surface area (Å²) in [6, 6.07) is 8.85. The van der Waals surface area contributed by atoms with Gasteiger partial charge in [-0.15, -0.1) is 0 Å². The van der Waals surface area contributed by atoms with E-state index in [4.69, 9.17) is 4.74 Å². The number of methoxy groups -OCH3 is 1. The van der Waals surface area contributed by atoms with Gasteiger partial charge in [0.25, 0.3) is 0 Å². The Kier molecular flexibility index (Phi) is 3.67. The third-order valence-corrected chi connectivity index (χ3v) is 3.13. The molecule has 16 heavy (non-hydrogen) atoms. The maximum Gasteiger partial charge on any atom is 0.142 e. The maximum absolute atomic E-state index is 5.40. The molecule has 0 saturated carbocycles. The van der Waals surface area contributed by atoms with Gasteiger partial charge in [0.2, 0.25) is 0 Å². The molecule has 1 unspecified atom stereocenters. The molecule has 1 aromatic rings. The maximum atomic E-state index is 5.40. The molecule has 1 heterocycles. The minimum absolute atomic E-state index is 0.611. The minimum Gasteiger partial charge on any atom is -0.495 e. The van der Waals surface area contributed by atoms with Crippen LogP contribution < -0.4 is 15.0 Å². The summed E-state index contributed by atoms with van der Waals surface area (Å²) in [5.74, 6) is 0.969. The highest BCUT2D eigenvalue weighted by atomic mass is 16.5. The van der Waals surface area contributed by atoms with Crippen LogP contribution in [0, 0.1) is 0 Å². The van der Waals surface area contributed by atoms with E-state index in [0.717, 1.165) is 25.4 Å². The molecule has 0 bridgehead atoms. The lowest BCUT2D eigenvalue weighted by Crippen LogP contribution is -2.29. The Morgan fingerprint density at radius 3 is 2.94 bits per heavy atom. The lowest BCUT2D eigenvalue weighted by atomic mass is 10.2. The molecule has 0 spiro atoms. The second-order valence-electron chi connectivity index (χ2n) is 4.30. The minimum atomic E-state index is 0.611. The number of hydrogen-bond acceptors (Lipinski definition) is 3. The zero-order valence-electron chi connectivity index (χ0n) is 10.1. The van der Waals surface area contributed by atoms with E-state index in [9.17, 15) is 0 Å². The molecule has 0 radical (unpaired) electrons. The summed E-state index contributed by atoms with van der Waals surface area (Å²) in [6.45, 7) is 5.42. The molecule has 2 rings (SSSR count). The Balaban J connectivity index is 2.16. The van der Waals surface area contributed by atoms with Gasteiger partial charge in [-0.3, -0.25) is 0 Å². The van der Waals surface area contributed by atoms with E-state index >= 15 is 0 Å². The summed E-state index contributed by atoms with van der Waals surface area (Å²) in [4.78, 5) is 2.40. The number of anilines is 1. The molecule has 0 amide bonds. The summed E-state index contributed by atoms with van der Waals surface area (Å²) in [5, 5.41) is 3.50. The number of rotatable bonds is 2. The molecule has 88 valence electrons. The number of nitrogens with zero attached hydrogens (tertiary/aromatic N) is 1. The number of ether oxygens (including phenoxy) is 1. The van der Waals surface area contributed by atoms with E-state index in [1.807, 2.05) is 12.1 Å². The third-order valence-electron chi connectivity index (χ3n) is 3.13. The number of hydrogen-bond donors (Lipinski definition) is 1. The summed E-state index contributed by atoms with van der Waals surface area (Å²) in [5.41, 5.74) is 1.21. The Morgan fingerprint density at radius 1 is 1.31 bits per heavy atom. The first-order valence-corrected chi connectivity index (χ1v) is 5.92. The van der Waals surface area contributed by atoms with Gasteiger partial charge in [-0.2, -0.15) is 0 Å². The monoisotopic (exact) mass is 220 g/mol. The highest BCUT2D eigenvalue weighted by Crippen LogP contribution is 2.28. The topological polar surface area (TPSA) is 24.5 Å². The smallest absolute Gasteiger partial charge is 0.142 e.